The van der Waals surface area contributed by atoms with Crippen LogP contribution in [0.1, 0.15) is 63.1 Å². The van der Waals surface area contributed by atoms with Crippen LogP contribution in [0, 0.1) is 38.2 Å². The molecule has 0 radical (unpaired) electrons. The Morgan fingerprint density at radius 2 is 1.72 bits per heavy atom. The van der Waals surface area contributed by atoms with Crippen molar-refractivity contribution >= 4 is 16.1 Å². The van der Waals surface area contributed by atoms with Gasteiger partial charge in [-0.05, 0) is 71.9 Å². The second-order valence-corrected chi connectivity index (χ2v) is 9.75. The average molecular weight is 425 g/mol. The molecule has 0 amide bonds. The van der Waals surface area contributed by atoms with Crippen molar-refractivity contribution in [3.05, 3.63) is 28.8 Å². The van der Waals surface area contributed by atoms with Crippen molar-refractivity contribution in [2.45, 2.75) is 78.2 Å². The van der Waals surface area contributed by atoms with E-state index in [1.165, 1.54) is 0 Å². The SMILES string of the molecule is Cc1cc(C)c(S(=O)(=O)OC#CCC[C@H](O)CCCOC(=O)C(C)(C)C)c(C)c1. The third-order valence-corrected chi connectivity index (χ3v) is 5.65. The fourth-order valence-electron chi connectivity index (χ4n) is 2.82. The molecule has 0 aliphatic heterocycles. The summed E-state index contributed by atoms with van der Waals surface area (Å²) in [5, 5.41) is 9.94. The zero-order chi connectivity index (χ0) is 22.2. The van der Waals surface area contributed by atoms with Gasteiger partial charge in [0.1, 0.15) is 11.0 Å². The van der Waals surface area contributed by atoms with Crippen molar-refractivity contribution < 1.29 is 27.2 Å². The summed E-state index contributed by atoms with van der Waals surface area (Å²) in [4.78, 5) is 11.8. The van der Waals surface area contributed by atoms with E-state index < -0.39 is 21.6 Å². The van der Waals surface area contributed by atoms with Gasteiger partial charge in [0.15, 0.2) is 0 Å². The van der Waals surface area contributed by atoms with E-state index in [4.69, 9.17) is 8.92 Å². The Morgan fingerprint density at radius 3 is 2.28 bits per heavy atom. The molecule has 162 valence electrons. The summed E-state index contributed by atoms with van der Waals surface area (Å²) < 4.78 is 34.7. The summed E-state index contributed by atoms with van der Waals surface area (Å²) in [6, 6.07) is 3.57. The maximum Gasteiger partial charge on any atom is 0.347 e. The summed E-state index contributed by atoms with van der Waals surface area (Å²) >= 11 is 0. The topological polar surface area (TPSA) is 89.9 Å². The molecule has 1 aromatic rings. The van der Waals surface area contributed by atoms with E-state index in [9.17, 15) is 18.3 Å². The van der Waals surface area contributed by atoms with Crippen LogP contribution in [0.15, 0.2) is 17.0 Å². The van der Waals surface area contributed by atoms with Crippen LogP contribution in [0.5, 0.6) is 0 Å². The molecule has 7 heteroatoms. The van der Waals surface area contributed by atoms with Crippen LogP contribution in [-0.2, 0) is 23.8 Å². The summed E-state index contributed by atoms with van der Waals surface area (Å²) in [7, 11) is -3.96. The van der Waals surface area contributed by atoms with Gasteiger partial charge in [-0.15, -0.1) is 0 Å². The van der Waals surface area contributed by atoms with Gasteiger partial charge >= 0.3 is 16.1 Å². The molecule has 0 aliphatic rings. The summed E-state index contributed by atoms with van der Waals surface area (Å²) in [6.07, 6.45) is 3.33. The van der Waals surface area contributed by atoms with Gasteiger partial charge < -0.3 is 14.0 Å². The van der Waals surface area contributed by atoms with Gasteiger partial charge in [0.25, 0.3) is 0 Å². The molecule has 0 aliphatic carbocycles. The maximum absolute atomic E-state index is 12.4. The quantitative estimate of drug-likeness (QED) is 0.296. The number of hydrogen-bond acceptors (Lipinski definition) is 6. The van der Waals surface area contributed by atoms with E-state index in [0.29, 0.717) is 36.8 Å². The fourth-order valence-corrected chi connectivity index (χ4v) is 3.98. The molecule has 0 heterocycles. The Balaban J connectivity index is 2.42. The second-order valence-electron chi connectivity index (χ2n) is 8.26. The highest BCUT2D eigenvalue weighted by molar-refractivity contribution is 7.87. The van der Waals surface area contributed by atoms with E-state index in [1.807, 2.05) is 6.92 Å². The number of benzene rings is 1. The molecule has 0 saturated heterocycles. The molecule has 1 N–H and O–H groups in total. The van der Waals surface area contributed by atoms with Crippen molar-refractivity contribution in [1.82, 2.24) is 0 Å². The third kappa shape index (κ3) is 8.46. The highest BCUT2D eigenvalue weighted by atomic mass is 32.2. The van der Waals surface area contributed by atoms with E-state index in [-0.39, 0.29) is 17.5 Å². The van der Waals surface area contributed by atoms with E-state index >= 15 is 0 Å². The van der Waals surface area contributed by atoms with Crippen LogP contribution < -0.4 is 0 Å². The summed E-state index contributed by atoms with van der Waals surface area (Å²) in [5.41, 5.74) is 1.68. The number of ether oxygens (including phenoxy) is 1. The molecule has 0 saturated carbocycles. The lowest BCUT2D eigenvalue weighted by molar-refractivity contribution is -0.153. The molecule has 1 rings (SSSR count). The number of aliphatic hydroxyl groups excluding tert-OH is 1. The van der Waals surface area contributed by atoms with Crippen molar-refractivity contribution in [3.8, 4) is 12.0 Å². The summed E-state index contributed by atoms with van der Waals surface area (Å²) in [5.74, 6) is 2.36. The minimum atomic E-state index is -3.96. The van der Waals surface area contributed by atoms with Crippen LogP contribution >= 0.6 is 0 Å². The van der Waals surface area contributed by atoms with E-state index in [0.717, 1.165) is 5.56 Å². The first-order valence-corrected chi connectivity index (χ1v) is 11.1. The number of hydrogen-bond donors (Lipinski definition) is 1. The molecule has 0 unspecified atom stereocenters. The molecule has 0 spiro atoms. The molecular formula is C22H32O6S. The number of aliphatic hydroxyl groups is 1. The minimum absolute atomic E-state index is 0.141. The Kier molecular flexibility index (Phi) is 9.18. The van der Waals surface area contributed by atoms with E-state index in [2.05, 4.69) is 12.0 Å². The maximum atomic E-state index is 12.4. The van der Waals surface area contributed by atoms with E-state index in [1.54, 1.807) is 46.8 Å². The number of carbonyl (C=O) groups is 1. The van der Waals surface area contributed by atoms with Crippen molar-refractivity contribution in [3.63, 3.8) is 0 Å². The van der Waals surface area contributed by atoms with Crippen molar-refractivity contribution in [2.75, 3.05) is 6.61 Å². The van der Waals surface area contributed by atoms with Gasteiger partial charge in [-0.2, -0.15) is 8.42 Å². The minimum Gasteiger partial charge on any atom is -0.465 e. The molecule has 1 atom stereocenters. The summed E-state index contributed by atoms with van der Waals surface area (Å²) in [6.45, 7) is 11.0. The molecular weight excluding hydrogens is 392 g/mol. The Labute approximate surface area is 174 Å². The number of rotatable bonds is 8. The highest BCUT2D eigenvalue weighted by Crippen LogP contribution is 2.23. The molecule has 0 aromatic heterocycles. The van der Waals surface area contributed by atoms with Crippen LogP contribution in [0.25, 0.3) is 0 Å². The molecule has 6 nitrogen and oxygen atoms in total. The Hall–Kier alpha value is -2.04. The van der Waals surface area contributed by atoms with Crippen LogP contribution in [-0.4, -0.2) is 32.2 Å². The number of carbonyl (C=O) groups excluding carboxylic acids is 1. The first-order chi connectivity index (χ1) is 13.3. The molecule has 1 aromatic carbocycles. The largest absolute Gasteiger partial charge is 0.465 e. The van der Waals surface area contributed by atoms with Gasteiger partial charge in [-0.1, -0.05) is 23.6 Å². The zero-order valence-corrected chi connectivity index (χ0v) is 19.0. The van der Waals surface area contributed by atoms with Gasteiger partial charge in [-0.3, -0.25) is 4.79 Å². The monoisotopic (exact) mass is 424 g/mol. The zero-order valence-electron chi connectivity index (χ0n) is 18.2. The molecule has 0 fully saturated rings. The van der Waals surface area contributed by atoms with Gasteiger partial charge in [0, 0.05) is 6.42 Å². The van der Waals surface area contributed by atoms with Gasteiger partial charge in [-0.25, -0.2) is 0 Å². The van der Waals surface area contributed by atoms with Crippen LogP contribution in [0.4, 0.5) is 0 Å². The highest BCUT2D eigenvalue weighted by Gasteiger charge is 2.23. The first-order valence-electron chi connectivity index (χ1n) is 9.69. The first kappa shape index (κ1) is 25.0. The third-order valence-electron chi connectivity index (χ3n) is 4.21. The second kappa shape index (κ2) is 10.7. The van der Waals surface area contributed by atoms with Crippen molar-refractivity contribution in [1.29, 1.82) is 0 Å². The normalized spacial score (nSPS) is 12.7. The van der Waals surface area contributed by atoms with Crippen LogP contribution in [0.2, 0.25) is 0 Å². The number of aryl methyl sites for hydroxylation is 3. The van der Waals surface area contributed by atoms with Gasteiger partial charge in [0.05, 0.1) is 18.1 Å². The lowest BCUT2D eigenvalue weighted by Crippen LogP contribution is -2.23. The lowest BCUT2D eigenvalue weighted by Gasteiger charge is -2.16. The smallest absolute Gasteiger partial charge is 0.347 e. The Morgan fingerprint density at radius 1 is 1.14 bits per heavy atom. The fraction of sp³-hybridized carbons (Fsp3) is 0.591. The van der Waals surface area contributed by atoms with Gasteiger partial charge in [0.2, 0.25) is 0 Å². The lowest BCUT2D eigenvalue weighted by atomic mass is 9.97. The number of esters is 1. The predicted molar refractivity (Wildman–Crippen MR) is 112 cm³/mol. The predicted octanol–water partition coefficient (Wildman–Crippen LogP) is 3.79. The Bertz CT molecular complexity index is 846. The average Bonchev–Trinajstić information content (AvgIpc) is 2.55. The van der Waals surface area contributed by atoms with Crippen LogP contribution in [0.3, 0.4) is 0 Å². The molecule has 0 bridgehead atoms. The molecule has 29 heavy (non-hydrogen) atoms. The standard InChI is InChI=1S/C22H32O6S/c1-16-14-17(2)20(18(3)15-16)29(25,26)28-13-8-7-10-19(23)11-9-12-27-21(24)22(4,5)6/h14-15,19,23H,7,9-12H2,1-6H3/t19-/m0/s1. The van der Waals surface area contributed by atoms with Crippen molar-refractivity contribution in [2.24, 2.45) is 5.41 Å².